The Hall–Kier alpha value is -4.41. The minimum Gasteiger partial charge on any atom is -0.495 e. The van der Waals surface area contributed by atoms with Gasteiger partial charge in [0.2, 0.25) is 5.91 Å². The number of nitrogens with zero attached hydrogens (tertiary/aromatic N) is 2. The molecule has 202 valence electrons. The highest BCUT2D eigenvalue weighted by atomic mass is 35.5. The predicted octanol–water partition coefficient (Wildman–Crippen LogP) is 4.90. The lowest BCUT2D eigenvalue weighted by molar-refractivity contribution is -0.117. The number of aromatic nitrogens is 2. The molecule has 39 heavy (non-hydrogen) atoms. The molecule has 0 bridgehead atoms. The molecule has 0 aliphatic heterocycles. The summed E-state index contributed by atoms with van der Waals surface area (Å²) in [7, 11) is 1.52. The van der Waals surface area contributed by atoms with Crippen LogP contribution in [0.3, 0.4) is 0 Å². The van der Waals surface area contributed by atoms with E-state index in [1.165, 1.54) is 14.0 Å². The fourth-order valence-electron chi connectivity index (χ4n) is 4.03. The molecule has 10 nitrogen and oxygen atoms in total. The summed E-state index contributed by atoms with van der Waals surface area (Å²) in [5.74, 6) is 0.783. The molecule has 4 N–H and O–H groups in total. The van der Waals surface area contributed by atoms with E-state index in [2.05, 4.69) is 26.3 Å². The summed E-state index contributed by atoms with van der Waals surface area (Å²) >= 11 is 6.07. The summed E-state index contributed by atoms with van der Waals surface area (Å²) in [5, 5.41) is 12.7. The zero-order chi connectivity index (χ0) is 27.8. The first kappa shape index (κ1) is 27.6. The number of Topliss-reactive ketones (excluding diaryl/α,β-unsaturated/α-hetero) is 1. The van der Waals surface area contributed by atoms with E-state index in [4.69, 9.17) is 16.3 Å². The average Bonchev–Trinajstić information content (AvgIpc) is 3.30. The molecule has 0 aliphatic rings. The van der Waals surface area contributed by atoms with Crippen LogP contribution >= 0.6 is 11.6 Å². The van der Waals surface area contributed by atoms with Gasteiger partial charge in [0.05, 0.1) is 30.5 Å². The lowest BCUT2D eigenvalue weighted by Gasteiger charge is -2.13. The Kier molecular flexibility index (Phi) is 9.14. The number of ketones is 1. The summed E-state index contributed by atoms with van der Waals surface area (Å²) in [6.07, 6.45) is 3.81. The smallest absolute Gasteiger partial charge is 0.323 e. The first-order valence-electron chi connectivity index (χ1n) is 12.3. The number of urea groups is 1. The fraction of sp³-hybridized carbons (Fsp3) is 0.214. The maximum atomic E-state index is 12.8. The fourth-order valence-corrected chi connectivity index (χ4v) is 4.21. The Morgan fingerprint density at radius 2 is 1.82 bits per heavy atom. The van der Waals surface area contributed by atoms with Gasteiger partial charge >= 0.3 is 6.03 Å². The molecular formula is C28H29ClN6O4. The van der Waals surface area contributed by atoms with E-state index in [0.29, 0.717) is 41.1 Å². The van der Waals surface area contributed by atoms with Crippen molar-refractivity contribution in [1.29, 1.82) is 0 Å². The first-order valence-corrected chi connectivity index (χ1v) is 12.6. The minimum absolute atomic E-state index is 0.0201. The second-order valence-corrected chi connectivity index (χ2v) is 9.27. The van der Waals surface area contributed by atoms with Crippen LogP contribution in [-0.4, -0.2) is 47.5 Å². The second kappa shape index (κ2) is 12.9. The number of pyridine rings is 1. The number of halogens is 1. The highest BCUT2D eigenvalue weighted by molar-refractivity contribution is 6.31. The van der Waals surface area contributed by atoms with Gasteiger partial charge in [0, 0.05) is 42.3 Å². The first-order chi connectivity index (χ1) is 18.8. The van der Waals surface area contributed by atoms with Crippen LogP contribution in [0.2, 0.25) is 5.02 Å². The van der Waals surface area contributed by atoms with Crippen LogP contribution in [0, 0.1) is 0 Å². The molecular weight excluding hydrogens is 520 g/mol. The highest BCUT2D eigenvalue weighted by Gasteiger charge is 2.12. The van der Waals surface area contributed by atoms with Crippen molar-refractivity contribution < 1.29 is 19.1 Å². The monoisotopic (exact) mass is 548 g/mol. The van der Waals surface area contributed by atoms with Gasteiger partial charge < -0.3 is 30.6 Å². The molecule has 4 rings (SSSR count). The van der Waals surface area contributed by atoms with Gasteiger partial charge in [0.1, 0.15) is 17.4 Å². The number of ether oxygens (including phenoxy) is 1. The Bertz CT molecular complexity index is 1500. The highest BCUT2D eigenvalue weighted by Crippen LogP contribution is 2.29. The summed E-state index contributed by atoms with van der Waals surface area (Å²) < 4.78 is 7.34. The topological polar surface area (TPSA) is 126 Å². The second-order valence-electron chi connectivity index (χ2n) is 8.83. The Labute approximate surface area is 230 Å². The van der Waals surface area contributed by atoms with E-state index in [1.807, 2.05) is 47.2 Å². The molecule has 0 unspecified atom stereocenters. The number of hydrogen-bond acceptors (Lipinski definition) is 6. The lowest BCUT2D eigenvalue weighted by Crippen LogP contribution is -2.25. The third-order valence-corrected chi connectivity index (χ3v) is 6.05. The zero-order valence-corrected chi connectivity index (χ0v) is 22.3. The summed E-state index contributed by atoms with van der Waals surface area (Å²) in [6.45, 7) is 2.67. The summed E-state index contributed by atoms with van der Waals surface area (Å²) in [4.78, 5) is 40.2. The molecule has 0 radical (unpaired) electrons. The Morgan fingerprint density at radius 1 is 1.00 bits per heavy atom. The number of hydrogen-bond donors (Lipinski definition) is 4. The summed E-state index contributed by atoms with van der Waals surface area (Å²) in [5.41, 5.74) is 2.97. The number of fused-ring (bicyclic) bond motifs is 1. The Morgan fingerprint density at radius 3 is 2.62 bits per heavy atom. The van der Waals surface area contributed by atoms with Crippen LogP contribution in [0.4, 0.5) is 22.0 Å². The van der Waals surface area contributed by atoms with Gasteiger partial charge in [-0.3, -0.25) is 9.59 Å². The molecule has 0 saturated heterocycles. The van der Waals surface area contributed by atoms with Gasteiger partial charge in [-0.05, 0) is 61.0 Å². The van der Waals surface area contributed by atoms with Gasteiger partial charge in [0.25, 0.3) is 0 Å². The molecule has 11 heteroatoms. The number of benzene rings is 2. The van der Waals surface area contributed by atoms with Crippen LogP contribution in [0.5, 0.6) is 5.75 Å². The normalized spacial score (nSPS) is 10.7. The molecule has 0 saturated carbocycles. The average molecular weight is 549 g/mol. The van der Waals surface area contributed by atoms with E-state index in [0.717, 1.165) is 16.5 Å². The number of amides is 3. The standard InChI is InChI=1S/C28H29ClN6O4/c1-18(36)16-30-11-9-27(37)34-26-14-19(8-12-31-26)17-35-13-10-21-22(4-3-5-24(21)35)32-28(38)33-23-15-20(29)6-7-25(23)39-2/h3-8,10,12-15,30H,9,11,16-17H2,1-2H3,(H,31,34,37)(H2,32,33,38). The molecule has 4 aromatic rings. The molecule has 0 aliphatic carbocycles. The number of anilines is 3. The Balaban J connectivity index is 1.42. The number of nitrogens with one attached hydrogen (secondary N) is 4. The molecule has 3 amide bonds. The predicted molar refractivity (Wildman–Crippen MR) is 153 cm³/mol. The maximum Gasteiger partial charge on any atom is 0.323 e. The number of carbonyl (C=O) groups excluding carboxylic acids is 3. The van der Waals surface area contributed by atoms with E-state index in [-0.39, 0.29) is 24.7 Å². The van der Waals surface area contributed by atoms with Gasteiger partial charge in [-0.2, -0.15) is 0 Å². The van der Waals surface area contributed by atoms with Crippen molar-refractivity contribution in [3.8, 4) is 5.75 Å². The van der Waals surface area contributed by atoms with Crippen molar-refractivity contribution in [3.63, 3.8) is 0 Å². The van der Waals surface area contributed by atoms with Crippen LogP contribution in [0.1, 0.15) is 18.9 Å². The van der Waals surface area contributed by atoms with Crippen molar-refractivity contribution in [2.45, 2.75) is 19.9 Å². The van der Waals surface area contributed by atoms with Gasteiger partial charge in [-0.1, -0.05) is 17.7 Å². The molecule has 2 heterocycles. The third-order valence-electron chi connectivity index (χ3n) is 5.82. The number of carbonyl (C=O) groups is 3. The molecule has 0 spiro atoms. The van der Waals surface area contributed by atoms with Crippen LogP contribution < -0.4 is 26.0 Å². The van der Waals surface area contributed by atoms with Gasteiger partial charge in [-0.15, -0.1) is 0 Å². The lowest BCUT2D eigenvalue weighted by atomic mass is 10.2. The van der Waals surface area contributed by atoms with Gasteiger partial charge in [0.15, 0.2) is 0 Å². The molecule has 0 atom stereocenters. The number of rotatable bonds is 11. The quantitative estimate of drug-likeness (QED) is 0.198. The SMILES string of the molecule is COc1ccc(Cl)cc1NC(=O)Nc1cccc2c1ccn2Cc1ccnc(NC(=O)CCNCC(C)=O)c1. The maximum absolute atomic E-state index is 12.8. The van der Waals surface area contributed by atoms with E-state index < -0.39 is 6.03 Å². The molecule has 2 aromatic carbocycles. The van der Waals surface area contributed by atoms with E-state index in [9.17, 15) is 14.4 Å². The largest absolute Gasteiger partial charge is 0.495 e. The van der Waals surface area contributed by atoms with Crippen LogP contribution in [-0.2, 0) is 16.1 Å². The third kappa shape index (κ3) is 7.56. The number of methoxy groups -OCH3 is 1. The summed E-state index contributed by atoms with van der Waals surface area (Å²) in [6, 6.07) is 15.9. The van der Waals surface area contributed by atoms with Crippen molar-refractivity contribution >= 4 is 57.4 Å². The van der Waals surface area contributed by atoms with Gasteiger partial charge in [-0.25, -0.2) is 9.78 Å². The van der Waals surface area contributed by atoms with Crippen molar-refractivity contribution in [2.24, 2.45) is 0 Å². The zero-order valence-electron chi connectivity index (χ0n) is 21.6. The molecule has 0 fully saturated rings. The van der Waals surface area contributed by atoms with Crippen LogP contribution in [0.25, 0.3) is 10.9 Å². The minimum atomic E-state index is -0.429. The van der Waals surface area contributed by atoms with Crippen molar-refractivity contribution in [3.05, 3.63) is 77.6 Å². The van der Waals surface area contributed by atoms with Crippen molar-refractivity contribution in [1.82, 2.24) is 14.9 Å². The van der Waals surface area contributed by atoms with Crippen molar-refractivity contribution in [2.75, 3.05) is 36.1 Å². The molecule has 2 aromatic heterocycles. The van der Waals surface area contributed by atoms with E-state index in [1.54, 1.807) is 24.4 Å². The van der Waals surface area contributed by atoms with E-state index >= 15 is 0 Å². The van der Waals surface area contributed by atoms with Crippen LogP contribution in [0.15, 0.2) is 67.0 Å².